The Balaban J connectivity index is 2.75. The van der Waals surface area contributed by atoms with Gasteiger partial charge in [-0.3, -0.25) is 0 Å². The number of rotatable bonds is 3. The van der Waals surface area contributed by atoms with Gasteiger partial charge >= 0.3 is 0 Å². The Morgan fingerprint density at radius 3 is 2.83 bits per heavy atom. The van der Waals surface area contributed by atoms with Crippen molar-refractivity contribution in [3.05, 3.63) is 22.4 Å². The molecule has 1 aromatic rings. The van der Waals surface area contributed by atoms with Crippen LogP contribution in [0.25, 0.3) is 0 Å². The fourth-order valence-electron chi connectivity index (χ4n) is 1.15. The lowest BCUT2D eigenvalue weighted by molar-refractivity contribution is 0.304. The van der Waals surface area contributed by atoms with Crippen LogP contribution in [0.3, 0.4) is 0 Å². The summed E-state index contributed by atoms with van der Waals surface area (Å²) in [5.74, 6) is 0. The Labute approximate surface area is 77.0 Å². The van der Waals surface area contributed by atoms with Gasteiger partial charge in [-0.05, 0) is 36.5 Å². The highest BCUT2D eigenvalue weighted by Gasteiger charge is 2.13. The lowest BCUT2D eigenvalue weighted by Crippen LogP contribution is -2.18. The first-order valence-electron chi connectivity index (χ1n) is 3.81. The molecule has 1 heterocycles. The van der Waals surface area contributed by atoms with Crippen LogP contribution in [0.4, 0.5) is 0 Å². The minimum atomic E-state index is 0.251. The quantitative estimate of drug-likeness (QED) is 0.713. The fraction of sp³-hybridized carbons (Fsp3) is 0.444. The van der Waals surface area contributed by atoms with E-state index in [4.69, 9.17) is 5.26 Å². The van der Waals surface area contributed by atoms with Crippen molar-refractivity contribution < 1.29 is 0 Å². The van der Waals surface area contributed by atoms with Crippen molar-refractivity contribution >= 4 is 11.3 Å². The second-order valence-corrected chi connectivity index (χ2v) is 3.68. The van der Waals surface area contributed by atoms with E-state index in [0.717, 1.165) is 0 Å². The van der Waals surface area contributed by atoms with Crippen LogP contribution < -0.4 is 0 Å². The van der Waals surface area contributed by atoms with Crippen LogP contribution >= 0.6 is 11.3 Å². The summed E-state index contributed by atoms with van der Waals surface area (Å²) >= 11 is 1.68. The van der Waals surface area contributed by atoms with Gasteiger partial charge < -0.3 is 4.90 Å². The van der Waals surface area contributed by atoms with Crippen LogP contribution in [0.5, 0.6) is 0 Å². The molecule has 3 heteroatoms. The minimum Gasteiger partial charge on any atom is -0.301 e. The van der Waals surface area contributed by atoms with Crippen LogP contribution in [0.2, 0.25) is 0 Å². The Kier molecular flexibility index (Phi) is 3.27. The van der Waals surface area contributed by atoms with Gasteiger partial charge in [0.1, 0.15) is 0 Å². The molecule has 0 aliphatic heterocycles. The smallest absolute Gasteiger partial charge is 0.0641 e. The summed E-state index contributed by atoms with van der Waals surface area (Å²) in [6.07, 6.45) is 0.559. The molecule has 0 radical (unpaired) electrons. The third-order valence-electron chi connectivity index (χ3n) is 1.84. The van der Waals surface area contributed by atoms with Gasteiger partial charge in [0.2, 0.25) is 0 Å². The van der Waals surface area contributed by atoms with E-state index in [1.165, 1.54) is 5.56 Å². The average molecular weight is 180 g/mol. The maximum absolute atomic E-state index is 8.61. The van der Waals surface area contributed by atoms with Gasteiger partial charge in [-0.1, -0.05) is 0 Å². The van der Waals surface area contributed by atoms with E-state index in [0.29, 0.717) is 6.42 Å². The predicted octanol–water partition coefficient (Wildman–Crippen LogP) is 2.26. The molecule has 1 atom stereocenters. The number of thiophene rings is 1. The summed E-state index contributed by atoms with van der Waals surface area (Å²) < 4.78 is 0. The van der Waals surface area contributed by atoms with Crippen LogP contribution in [0.1, 0.15) is 18.0 Å². The van der Waals surface area contributed by atoms with Crippen LogP contribution in [0.15, 0.2) is 16.8 Å². The van der Waals surface area contributed by atoms with Gasteiger partial charge in [0.15, 0.2) is 0 Å². The topological polar surface area (TPSA) is 27.0 Å². The molecule has 0 amide bonds. The second-order valence-electron chi connectivity index (χ2n) is 2.90. The Hall–Kier alpha value is -0.850. The molecule has 12 heavy (non-hydrogen) atoms. The van der Waals surface area contributed by atoms with E-state index < -0.39 is 0 Å². The van der Waals surface area contributed by atoms with Gasteiger partial charge in [0.05, 0.1) is 12.5 Å². The molecule has 1 rings (SSSR count). The van der Waals surface area contributed by atoms with E-state index in [9.17, 15) is 0 Å². The Bertz CT molecular complexity index is 259. The van der Waals surface area contributed by atoms with Crippen molar-refractivity contribution in [3.8, 4) is 6.07 Å². The van der Waals surface area contributed by atoms with E-state index in [1.54, 1.807) is 11.3 Å². The van der Waals surface area contributed by atoms with Gasteiger partial charge in [-0.2, -0.15) is 16.6 Å². The summed E-state index contributed by atoms with van der Waals surface area (Å²) in [5.41, 5.74) is 1.24. The van der Waals surface area contributed by atoms with Gasteiger partial charge in [0.25, 0.3) is 0 Å². The van der Waals surface area contributed by atoms with Crippen LogP contribution in [-0.2, 0) is 0 Å². The summed E-state index contributed by atoms with van der Waals surface area (Å²) in [7, 11) is 4.00. The molecule has 0 saturated heterocycles. The molecule has 0 spiro atoms. The summed E-state index contributed by atoms with van der Waals surface area (Å²) in [6.45, 7) is 0. The lowest BCUT2D eigenvalue weighted by Gasteiger charge is -2.20. The van der Waals surface area contributed by atoms with Crippen molar-refractivity contribution in [1.82, 2.24) is 4.90 Å². The molecule has 0 aliphatic rings. The maximum Gasteiger partial charge on any atom is 0.0641 e. The van der Waals surface area contributed by atoms with Crippen LogP contribution in [0, 0.1) is 11.3 Å². The fourth-order valence-corrected chi connectivity index (χ4v) is 1.86. The monoisotopic (exact) mass is 180 g/mol. The summed E-state index contributed by atoms with van der Waals surface area (Å²) in [5, 5.41) is 12.8. The molecular weight excluding hydrogens is 168 g/mol. The second kappa shape index (κ2) is 4.24. The first-order chi connectivity index (χ1) is 5.75. The standard InChI is InChI=1S/C9H12N2S/c1-11(2)9(3-5-10)8-4-6-12-7-8/h4,6-7,9H,3H2,1-2H3. The van der Waals surface area contributed by atoms with Crippen molar-refractivity contribution in [2.24, 2.45) is 0 Å². The largest absolute Gasteiger partial charge is 0.301 e. The zero-order valence-electron chi connectivity index (χ0n) is 7.32. The molecular formula is C9H12N2S. The molecule has 1 unspecified atom stereocenters. The van der Waals surface area contributed by atoms with E-state index >= 15 is 0 Å². The molecule has 0 N–H and O–H groups in total. The normalized spacial score (nSPS) is 12.8. The zero-order valence-corrected chi connectivity index (χ0v) is 8.14. The highest BCUT2D eigenvalue weighted by Crippen LogP contribution is 2.23. The van der Waals surface area contributed by atoms with Crippen LogP contribution in [-0.4, -0.2) is 19.0 Å². The number of hydrogen-bond acceptors (Lipinski definition) is 3. The first kappa shape index (κ1) is 9.24. The SMILES string of the molecule is CN(C)C(CC#N)c1ccsc1. The molecule has 2 nitrogen and oxygen atoms in total. The lowest BCUT2D eigenvalue weighted by atomic mass is 10.1. The average Bonchev–Trinajstić information content (AvgIpc) is 2.51. The van der Waals surface area contributed by atoms with E-state index in [2.05, 4.69) is 22.4 Å². The summed E-state index contributed by atoms with van der Waals surface area (Å²) in [4.78, 5) is 2.07. The number of nitriles is 1. The number of hydrogen-bond donors (Lipinski definition) is 0. The molecule has 0 bridgehead atoms. The zero-order chi connectivity index (χ0) is 8.97. The van der Waals surface area contributed by atoms with Gasteiger partial charge in [0, 0.05) is 6.04 Å². The van der Waals surface area contributed by atoms with E-state index in [-0.39, 0.29) is 6.04 Å². The van der Waals surface area contributed by atoms with Crippen molar-refractivity contribution in [1.29, 1.82) is 5.26 Å². The van der Waals surface area contributed by atoms with E-state index in [1.807, 2.05) is 19.5 Å². The molecule has 0 saturated carbocycles. The predicted molar refractivity (Wildman–Crippen MR) is 51.0 cm³/mol. The molecule has 0 aromatic carbocycles. The highest BCUT2D eigenvalue weighted by molar-refractivity contribution is 7.07. The molecule has 64 valence electrons. The Morgan fingerprint density at radius 2 is 2.42 bits per heavy atom. The third kappa shape index (κ3) is 2.07. The molecule has 0 aliphatic carbocycles. The molecule has 1 aromatic heterocycles. The number of nitrogens with zero attached hydrogens (tertiary/aromatic N) is 2. The third-order valence-corrected chi connectivity index (χ3v) is 2.54. The minimum absolute atomic E-state index is 0.251. The highest BCUT2D eigenvalue weighted by atomic mass is 32.1. The maximum atomic E-state index is 8.61. The van der Waals surface area contributed by atoms with Crippen molar-refractivity contribution in [2.45, 2.75) is 12.5 Å². The summed E-state index contributed by atoms with van der Waals surface area (Å²) in [6, 6.07) is 4.53. The Morgan fingerprint density at radius 1 is 1.67 bits per heavy atom. The van der Waals surface area contributed by atoms with Gasteiger partial charge in [-0.25, -0.2) is 0 Å². The van der Waals surface area contributed by atoms with Crippen molar-refractivity contribution in [3.63, 3.8) is 0 Å². The van der Waals surface area contributed by atoms with Crippen molar-refractivity contribution in [2.75, 3.05) is 14.1 Å². The van der Waals surface area contributed by atoms with Gasteiger partial charge in [-0.15, -0.1) is 0 Å². The first-order valence-corrected chi connectivity index (χ1v) is 4.75. The molecule has 0 fully saturated rings.